The number of aliphatic carboxylic acids is 1. The highest BCUT2D eigenvalue weighted by Crippen LogP contribution is 2.45. The van der Waals surface area contributed by atoms with E-state index in [0.29, 0.717) is 54.6 Å². The largest absolute Gasteiger partial charge is 0.494 e. The first-order valence-electron chi connectivity index (χ1n) is 17.1. The van der Waals surface area contributed by atoms with Crippen LogP contribution in [0.1, 0.15) is 70.4 Å². The quantitative estimate of drug-likeness (QED) is 0.0737. The highest BCUT2D eigenvalue weighted by Gasteiger charge is 2.38. The number of amides is 1. The van der Waals surface area contributed by atoms with Gasteiger partial charge < -0.3 is 19.7 Å². The Bertz CT molecular complexity index is 2210. The zero-order valence-electron chi connectivity index (χ0n) is 29.9. The number of carbonyl (C=O) groups excluding carboxylic acids is 1. The van der Waals surface area contributed by atoms with Crippen molar-refractivity contribution in [2.75, 3.05) is 24.6 Å². The second-order valence-electron chi connectivity index (χ2n) is 13.3. The number of carboxylic acids is 1. The second kappa shape index (κ2) is 14.2. The zero-order chi connectivity index (χ0) is 36.9. The Morgan fingerprint density at radius 1 is 1.10 bits per heavy atom. The first kappa shape index (κ1) is 36.2. The van der Waals surface area contributed by atoms with Gasteiger partial charge in [0.1, 0.15) is 17.1 Å². The molecule has 1 atom stereocenters. The molecule has 4 N–H and O–H groups in total. The van der Waals surface area contributed by atoms with Gasteiger partial charge in [-0.15, -0.1) is 0 Å². The Balaban J connectivity index is 1.51. The molecule has 3 heterocycles. The molecule has 5 aromatic rings. The lowest BCUT2D eigenvalue weighted by Crippen LogP contribution is -2.78. The number of carbonyl (C=O) groups is 2. The van der Waals surface area contributed by atoms with Crippen LogP contribution in [0.4, 0.5) is 11.4 Å². The maximum Gasteiger partial charge on any atom is 0.354 e. The number of fused-ring (bicyclic) bond motifs is 3. The number of hydrogen-bond donors (Lipinski definition) is 3. The molecule has 0 spiro atoms. The van der Waals surface area contributed by atoms with Crippen molar-refractivity contribution >= 4 is 63.1 Å². The minimum atomic E-state index is -1.32. The number of quaternary nitrogens is 1. The van der Waals surface area contributed by atoms with E-state index in [1.807, 2.05) is 82.0 Å². The van der Waals surface area contributed by atoms with Crippen molar-refractivity contribution in [2.24, 2.45) is 7.05 Å². The number of aryl methyl sites for hydroxylation is 5. The van der Waals surface area contributed by atoms with Gasteiger partial charge in [-0.05, 0) is 101 Å². The van der Waals surface area contributed by atoms with Gasteiger partial charge in [0, 0.05) is 46.9 Å². The Labute approximate surface area is 307 Å². The first-order chi connectivity index (χ1) is 24.3. The lowest BCUT2D eigenvalue weighted by atomic mass is 9.98. The fourth-order valence-electron chi connectivity index (χ4n) is 7.48. The second-order valence-corrected chi connectivity index (χ2v) is 14.1. The van der Waals surface area contributed by atoms with E-state index < -0.39 is 11.7 Å². The average molecular weight is 731 g/mol. The minimum absolute atomic E-state index is 0.184. The van der Waals surface area contributed by atoms with Gasteiger partial charge in [0.15, 0.2) is 11.4 Å². The third-order valence-corrected chi connectivity index (χ3v) is 10.7. The molecule has 1 aliphatic rings. The normalized spacial score (nSPS) is 14.3. The number of para-hydroxylation sites is 1. The molecular weight excluding hydrogens is 687 g/mol. The first-order valence-corrected chi connectivity index (χ1v) is 17.9. The maximum atomic E-state index is 15.0. The summed E-state index contributed by atoms with van der Waals surface area (Å²) in [5.41, 5.74) is 8.74. The number of carboxylic acid groups (broad SMARTS) is 1. The van der Waals surface area contributed by atoms with Crippen LogP contribution in [0.5, 0.6) is 5.75 Å². The van der Waals surface area contributed by atoms with Crippen LogP contribution in [0.3, 0.4) is 0 Å². The number of hydrogen-bond acceptors (Lipinski definition) is 5. The monoisotopic (exact) mass is 729 g/mol. The summed E-state index contributed by atoms with van der Waals surface area (Å²) in [4.78, 5) is 28.6. The molecule has 0 radical (unpaired) electrons. The van der Waals surface area contributed by atoms with E-state index in [-0.39, 0.29) is 17.5 Å². The SMILES string of the molecule is CC[NH2+]c1c(C(=N)C(=O)O)cccc1N1C[C@@H](C)n2c(c(CCCOc3cc(C)c(Cl)c(C)c3)c3ccc(Cl)c(-c4c(C)nn(C)c4C)c32)C1=O. The van der Waals surface area contributed by atoms with Crippen molar-refractivity contribution in [3.8, 4) is 16.9 Å². The topological polar surface area (TPSA) is 130 Å². The zero-order valence-corrected chi connectivity index (χ0v) is 31.5. The van der Waals surface area contributed by atoms with Gasteiger partial charge in [-0.3, -0.25) is 19.8 Å². The molecule has 3 aromatic carbocycles. The number of aromatic nitrogens is 3. The molecular formula is C39H43Cl2N6O4+. The standard InChI is InChI=1S/C39H42Cl2N6O4/c1-8-43-35-28(34(42)39(49)50)11-9-13-30(35)46-19-22(4)47-36-27(14-15-29(40)32(36)31-23(5)44-45(7)24(31)6)26(37(47)38(46)48)12-10-16-51-25-17-20(2)33(41)21(3)18-25/h9,11,13-15,17-18,22,42-43H,8,10,12,16,19H2,1-7H3,(H,49,50)/p+1/t22-/m1/s1. The molecule has 0 aliphatic carbocycles. The number of rotatable bonds is 11. The predicted molar refractivity (Wildman–Crippen MR) is 203 cm³/mol. The van der Waals surface area contributed by atoms with E-state index >= 15 is 0 Å². The molecule has 0 unspecified atom stereocenters. The van der Waals surface area contributed by atoms with Gasteiger partial charge >= 0.3 is 5.97 Å². The average Bonchev–Trinajstić information content (AvgIpc) is 3.55. The Morgan fingerprint density at radius 3 is 2.43 bits per heavy atom. The van der Waals surface area contributed by atoms with Crippen molar-refractivity contribution in [2.45, 2.75) is 60.4 Å². The van der Waals surface area contributed by atoms with Crippen LogP contribution >= 0.6 is 23.2 Å². The van der Waals surface area contributed by atoms with Crippen LogP contribution in [-0.4, -0.2) is 56.7 Å². The van der Waals surface area contributed by atoms with E-state index in [9.17, 15) is 14.7 Å². The van der Waals surface area contributed by atoms with Gasteiger partial charge in [-0.2, -0.15) is 5.10 Å². The summed E-state index contributed by atoms with van der Waals surface area (Å²) in [6.07, 6.45) is 1.19. The van der Waals surface area contributed by atoms with E-state index in [0.717, 1.165) is 60.9 Å². The molecule has 1 amide bonds. The highest BCUT2D eigenvalue weighted by atomic mass is 35.5. The summed E-state index contributed by atoms with van der Waals surface area (Å²) in [7, 11) is 1.91. The summed E-state index contributed by atoms with van der Waals surface area (Å²) in [5, 5.41) is 26.8. The Kier molecular flexibility index (Phi) is 10.0. The van der Waals surface area contributed by atoms with Crippen LogP contribution in [0, 0.1) is 33.1 Å². The van der Waals surface area contributed by atoms with Crippen molar-refractivity contribution < 1.29 is 24.7 Å². The van der Waals surface area contributed by atoms with Gasteiger partial charge in [-0.25, -0.2) is 4.79 Å². The molecule has 0 bridgehead atoms. The Hall–Kier alpha value is -4.64. The smallest absolute Gasteiger partial charge is 0.354 e. The summed E-state index contributed by atoms with van der Waals surface area (Å²) in [6.45, 7) is 13.3. The van der Waals surface area contributed by atoms with E-state index in [1.165, 1.54) is 0 Å². The van der Waals surface area contributed by atoms with Crippen molar-refractivity contribution in [3.63, 3.8) is 0 Å². The fraction of sp³-hybridized carbons (Fsp3) is 0.333. The molecule has 0 fully saturated rings. The summed E-state index contributed by atoms with van der Waals surface area (Å²) in [5.74, 6) is -0.775. The number of ether oxygens (including phenoxy) is 1. The minimum Gasteiger partial charge on any atom is -0.494 e. The molecule has 266 valence electrons. The molecule has 10 nitrogen and oxygen atoms in total. The van der Waals surface area contributed by atoms with E-state index in [1.54, 1.807) is 17.0 Å². The van der Waals surface area contributed by atoms with Crippen LogP contribution in [0.25, 0.3) is 22.0 Å². The number of nitrogens with zero attached hydrogens (tertiary/aromatic N) is 4. The molecule has 12 heteroatoms. The fourth-order valence-corrected chi connectivity index (χ4v) is 7.83. The number of nitrogens with two attached hydrogens (primary N) is 1. The number of halogens is 2. The maximum absolute atomic E-state index is 15.0. The van der Waals surface area contributed by atoms with Crippen molar-refractivity contribution in [1.82, 2.24) is 14.3 Å². The van der Waals surface area contributed by atoms with Crippen LogP contribution < -0.4 is 15.0 Å². The van der Waals surface area contributed by atoms with E-state index in [2.05, 4.69) is 11.5 Å². The van der Waals surface area contributed by atoms with Gasteiger partial charge in [0.05, 0.1) is 34.9 Å². The summed E-state index contributed by atoms with van der Waals surface area (Å²) >= 11 is 13.5. The summed E-state index contributed by atoms with van der Waals surface area (Å²) in [6, 6.07) is 12.8. The molecule has 0 saturated carbocycles. The van der Waals surface area contributed by atoms with Crippen LogP contribution in [-0.2, 0) is 18.3 Å². The van der Waals surface area contributed by atoms with Crippen LogP contribution in [0.2, 0.25) is 10.0 Å². The third-order valence-electron chi connectivity index (χ3n) is 9.83. The Morgan fingerprint density at radius 2 is 1.80 bits per heavy atom. The third kappa shape index (κ3) is 6.30. The molecule has 51 heavy (non-hydrogen) atoms. The lowest BCUT2D eigenvalue weighted by molar-refractivity contribution is -0.567. The van der Waals surface area contributed by atoms with Gasteiger partial charge in [0.2, 0.25) is 0 Å². The van der Waals surface area contributed by atoms with Gasteiger partial charge in [0.25, 0.3) is 5.91 Å². The van der Waals surface area contributed by atoms with Gasteiger partial charge in [-0.1, -0.05) is 35.3 Å². The van der Waals surface area contributed by atoms with E-state index in [4.69, 9.17) is 38.4 Å². The van der Waals surface area contributed by atoms with Crippen LogP contribution in [0.15, 0.2) is 42.5 Å². The lowest BCUT2D eigenvalue weighted by Gasteiger charge is -2.35. The molecule has 6 rings (SSSR count). The van der Waals surface area contributed by atoms with Crippen molar-refractivity contribution in [1.29, 1.82) is 5.41 Å². The number of nitrogens with one attached hydrogen (secondary N) is 1. The molecule has 1 aliphatic heterocycles. The number of benzene rings is 3. The summed E-state index contributed by atoms with van der Waals surface area (Å²) < 4.78 is 10.2. The van der Waals surface area contributed by atoms with Crippen molar-refractivity contribution in [3.05, 3.63) is 91.8 Å². The number of anilines is 1. The molecule has 0 saturated heterocycles. The highest BCUT2D eigenvalue weighted by molar-refractivity contribution is 6.42. The molecule has 2 aromatic heterocycles. The predicted octanol–water partition coefficient (Wildman–Crippen LogP) is 7.48.